The molecule has 1 N–H and O–H groups in total. The minimum atomic E-state index is -0.882. The molecule has 0 amide bonds. The molecule has 0 bridgehead atoms. The number of aliphatic carboxylic acids is 1. The second kappa shape index (κ2) is 5.12. The largest absolute Gasteiger partial charge is 0.481 e. The fraction of sp³-hybridized carbons (Fsp3) is 0.375. The molecule has 0 atom stereocenters. The molecule has 4 heteroatoms. The number of hydrogen-bond donors (Lipinski definition) is 1. The van der Waals surface area contributed by atoms with E-state index in [2.05, 4.69) is 12.1 Å². The topological polar surface area (TPSA) is 59.3 Å². The van der Waals surface area contributed by atoms with Crippen molar-refractivity contribution < 1.29 is 9.90 Å². The van der Waals surface area contributed by atoms with E-state index in [9.17, 15) is 9.59 Å². The van der Waals surface area contributed by atoms with Gasteiger partial charge >= 0.3 is 5.97 Å². The normalized spacial score (nSPS) is 11.0. The summed E-state index contributed by atoms with van der Waals surface area (Å²) in [6, 6.07) is 4.11. The van der Waals surface area contributed by atoms with Gasteiger partial charge in [0, 0.05) is 24.4 Å². The molecule has 0 spiro atoms. The number of aromatic nitrogens is 1. The second-order valence-electron chi connectivity index (χ2n) is 5.34. The van der Waals surface area contributed by atoms with Crippen LogP contribution in [0, 0.1) is 20.8 Å². The van der Waals surface area contributed by atoms with E-state index in [0.29, 0.717) is 5.56 Å². The number of benzene rings is 1. The van der Waals surface area contributed by atoms with Crippen LogP contribution in [0.15, 0.2) is 16.9 Å². The lowest BCUT2D eigenvalue weighted by atomic mass is 9.97. The van der Waals surface area contributed by atoms with Crippen molar-refractivity contribution in [2.45, 2.75) is 33.6 Å². The van der Waals surface area contributed by atoms with Gasteiger partial charge in [-0.2, -0.15) is 0 Å². The average Bonchev–Trinajstić information content (AvgIpc) is 2.35. The summed E-state index contributed by atoms with van der Waals surface area (Å²) < 4.78 is 1.63. The van der Waals surface area contributed by atoms with Crippen LogP contribution in [0.1, 0.15) is 28.7 Å². The Bertz CT molecular complexity index is 757. The highest BCUT2D eigenvalue weighted by atomic mass is 16.4. The summed E-state index contributed by atoms with van der Waals surface area (Å²) in [4.78, 5) is 23.2. The molecule has 0 aliphatic rings. The number of carboxylic acids is 1. The van der Waals surface area contributed by atoms with Crippen LogP contribution in [0.2, 0.25) is 0 Å². The third-order valence-electron chi connectivity index (χ3n) is 3.79. The molecule has 0 saturated carbocycles. The third-order valence-corrected chi connectivity index (χ3v) is 3.79. The van der Waals surface area contributed by atoms with E-state index in [4.69, 9.17) is 5.11 Å². The highest BCUT2D eigenvalue weighted by molar-refractivity contribution is 5.87. The number of nitrogens with zero attached hydrogens (tertiary/aromatic N) is 1. The van der Waals surface area contributed by atoms with Crippen LogP contribution in [0.5, 0.6) is 0 Å². The first-order chi connectivity index (χ1) is 9.32. The van der Waals surface area contributed by atoms with Crippen LogP contribution in [0.4, 0.5) is 0 Å². The summed E-state index contributed by atoms with van der Waals surface area (Å²) in [7, 11) is 1.75. The Kier molecular flexibility index (Phi) is 3.66. The monoisotopic (exact) mass is 273 g/mol. The fourth-order valence-electron chi connectivity index (χ4n) is 2.84. The van der Waals surface area contributed by atoms with E-state index in [1.165, 1.54) is 0 Å². The van der Waals surface area contributed by atoms with Crippen LogP contribution < -0.4 is 5.56 Å². The van der Waals surface area contributed by atoms with E-state index in [1.807, 2.05) is 20.8 Å². The van der Waals surface area contributed by atoms with Crippen molar-refractivity contribution in [2.24, 2.45) is 7.05 Å². The predicted molar refractivity (Wildman–Crippen MR) is 79.4 cm³/mol. The average molecular weight is 273 g/mol. The third kappa shape index (κ3) is 2.33. The molecular formula is C16H19NO3. The van der Waals surface area contributed by atoms with Gasteiger partial charge in [-0.25, -0.2) is 0 Å². The molecule has 2 rings (SSSR count). The fourth-order valence-corrected chi connectivity index (χ4v) is 2.84. The number of pyridine rings is 1. The minimum absolute atomic E-state index is 0.0214. The van der Waals surface area contributed by atoms with E-state index in [-0.39, 0.29) is 18.4 Å². The van der Waals surface area contributed by atoms with Gasteiger partial charge in [0.05, 0.1) is 5.52 Å². The van der Waals surface area contributed by atoms with Gasteiger partial charge < -0.3 is 9.67 Å². The van der Waals surface area contributed by atoms with Gasteiger partial charge in [0.15, 0.2) is 0 Å². The maximum Gasteiger partial charge on any atom is 0.303 e. The van der Waals surface area contributed by atoms with Crippen molar-refractivity contribution in [1.82, 2.24) is 4.57 Å². The number of carboxylic acid groups (broad SMARTS) is 1. The first-order valence-electron chi connectivity index (χ1n) is 6.64. The molecule has 20 heavy (non-hydrogen) atoms. The zero-order chi connectivity index (χ0) is 15.0. The van der Waals surface area contributed by atoms with Crippen molar-refractivity contribution in [2.75, 3.05) is 0 Å². The van der Waals surface area contributed by atoms with Crippen molar-refractivity contribution in [1.29, 1.82) is 0 Å². The van der Waals surface area contributed by atoms with Crippen LogP contribution in [0.25, 0.3) is 10.9 Å². The van der Waals surface area contributed by atoms with Crippen LogP contribution in [-0.4, -0.2) is 15.6 Å². The molecule has 0 aliphatic carbocycles. The molecule has 1 aromatic heterocycles. The van der Waals surface area contributed by atoms with Gasteiger partial charge in [0.25, 0.3) is 5.56 Å². The lowest BCUT2D eigenvalue weighted by Crippen LogP contribution is -2.24. The predicted octanol–water partition coefficient (Wildman–Crippen LogP) is 2.48. The number of rotatable bonds is 3. The number of hydrogen-bond acceptors (Lipinski definition) is 2. The molecule has 106 valence electrons. The van der Waals surface area contributed by atoms with Gasteiger partial charge in [-0.3, -0.25) is 9.59 Å². The van der Waals surface area contributed by atoms with Crippen LogP contribution in [0.3, 0.4) is 0 Å². The maximum atomic E-state index is 12.4. The van der Waals surface area contributed by atoms with Crippen molar-refractivity contribution >= 4 is 16.9 Å². The van der Waals surface area contributed by atoms with Crippen molar-refractivity contribution in [3.05, 3.63) is 44.7 Å². The highest BCUT2D eigenvalue weighted by Gasteiger charge is 2.14. The molecule has 0 radical (unpaired) electrons. The standard InChI is InChI=1S/C16H19NO3/c1-9-7-10(2)15-13(8-9)11(3)12(5-6-14(18)19)16(20)17(15)4/h7-8H,5-6H2,1-4H3,(H,18,19). The second-order valence-corrected chi connectivity index (χ2v) is 5.34. The summed E-state index contributed by atoms with van der Waals surface area (Å²) >= 11 is 0. The Morgan fingerprint density at radius 2 is 1.90 bits per heavy atom. The zero-order valence-electron chi connectivity index (χ0n) is 12.3. The summed E-state index contributed by atoms with van der Waals surface area (Å²) in [6.45, 7) is 5.92. The summed E-state index contributed by atoms with van der Waals surface area (Å²) in [5.74, 6) is -0.882. The van der Waals surface area contributed by atoms with Gasteiger partial charge in [-0.1, -0.05) is 11.6 Å². The molecule has 1 heterocycles. The summed E-state index contributed by atoms with van der Waals surface area (Å²) in [5, 5.41) is 9.85. The lowest BCUT2D eigenvalue weighted by molar-refractivity contribution is -0.136. The van der Waals surface area contributed by atoms with E-state index in [0.717, 1.165) is 27.6 Å². The van der Waals surface area contributed by atoms with Crippen LogP contribution in [-0.2, 0) is 18.3 Å². The van der Waals surface area contributed by atoms with Gasteiger partial charge in [0.2, 0.25) is 0 Å². The SMILES string of the molecule is Cc1cc(C)c2c(c1)c(C)c(CCC(=O)O)c(=O)n2C. The van der Waals surface area contributed by atoms with E-state index >= 15 is 0 Å². The zero-order valence-corrected chi connectivity index (χ0v) is 12.3. The van der Waals surface area contributed by atoms with E-state index < -0.39 is 5.97 Å². The Balaban J connectivity index is 2.79. The van der Waals surface area contributed by atoms with Gasteiger partial charge in [0.1, 0.15) is 0 Å². The maximum absolute atomic E-state index is 12.4. The Labute approximate surface area is 117 Å². The molecule has 0 fully saturated rings. The molecule has 1 aromatic carbocycles. The number of fused-ring (bicyclic) bond motifs is 1. The Hall–Kier alpha value is -2.10. The first kappa shape index (κ1) is 14.3. The van der Waals surface area contributed by atoms with Crippen molar-refractivity contribution in [3.63, 3.8) is 0 Å². The van der Waals surface area contributed by atoms with Gasteiger partial charge in [-0.05, 0) is 44.4 Å². The quantitative estimate of drug-likeness (QED) is 0.934. The smallest absolute Gasteiger partial charge is 0.303 e. The number of aryl methyl sites for hydroxylation is 4. The summed E-state index contributed by atoms with van der Waals surface area (Å²) in [5.41, 5.74) is 4.54. The highest BCUT2D eigenvalue weighted by Crippen LogP contribution is 2.24. The Morgan fingerprint density at radius 3 is 2.50 bits per heavy atom. The molecule has 0 aliphatic heterocycles. The molecule has 0 saturated heterocycles. The van der Waals surface area contributed by atoms with E-state index in [1.54, 1.807) is 11.6 Å². The number of carbonyl (C=O) groups is 1. The lowest BCUT2D eigenvalue weighted by Gasteiger charge is -2.15. The molecule has 2 aromatic rings. The van der Waals surface area contributed by atoms with Crippen molar-refractivity contribution in [3.8, 4) is 0 Å². The minimum Gasteiger partial charge on any atom is -0.481 e. The summed E-state index contributed by atoms with van der Waals surface area (Å²) in [6.07, 6.45) is 0.253. The Morgan fingerprint density at radius 1 is 1.25 bits per heavy atom. The molecule has 0 unspecified atom stereocenters. The molecule has 4 nitrogen and oxygen atoms in total. The molecular weight excluding hydrogens is 254 g/mol. The first-order valence-corrected chi connectivity index (χ1v) is 6.64. The van der Waals surface area contributed by atoms with Crippen LogP contribution >= 0.6 is 0 Å². The van der Waals surface area contributed by atoms with Gasteiger partial charge in [-0.15, -0.1) is 0 Å².